The number of amides is 1. The number of rotatable bonds is 4. The smallest absolute Gasteiger partial charge is 0.277 e. The van der Waals surface area contributed by atoms with Crippen LogP contribution in [-0.4, -0.2) is 25.5 Å². The Morgan fingerprint density at radius 1 is 0.963 bits per heavy atom. The minimum Gasteiger partial charge on any atom is -0.304 e. The standard InChI is InChI=1S/C20H17N5O2/c1-24-12-11-17(22-24)21-19(26)18-15-9-5-6-10-16(15)20(27)25(23-18)13-14-7-3-2-4-8-14/h2-12H,13H2,1H3,(H,21,22,26). The van der Waals surface area contributed by atoms with Gasteiger partial charge in [-0.25, -0.2) is 4.68 Å². The van der Waals surface area contributed by atoms with Crippen molar-refractivity contribution in [3.05, 3.63) is 88.5 Å². The van der Waals surface area contributed by atoms with Crippen LogP contribution in [0.4, 0.5) is 5.82 Å². The Morgan fingerprint density at radius 3 is 2.37 bits per heavy atom. The van der Waals surface area contributed by atoms with Crippen molar-refractivity contribution in [3.8, 4) is 0 Å². The van der Waals surface area contributed by atoms with Crippen LogP contribution >= 0.6 is 0 Å². The van der Waals surface area contributed by atoms with Crippen LogP contribution in [0.3, 0.4) is 0 Å². The van der Waals surface area contributed by atoms with Crippen LogP contribution in [0.15, 0.2) is 71.7 Å². The molecule has 0 saturated heterocycles. The maximum Gasteiger partial charge on any atom is 0.277 e. The van der Waals surface area contributed by atoms with Crippen molar-refractivity contribution in [3.63, 3.8) is 0 Å². The summed E-state index contributed by atoms with van der Waals surface area (Å²) >= 11 is 0. The number of carbonyl (C=O) groups excluding carboxylic acids is 1. The highest BCUT2D eigenvalue weighted by atomic mass is 16.2. The molecule has 0 bridgehead atoms. The average molecular weight is 359 g/mol. The van der Waals surface area contributed by atoms with Crippen molar-refractivity contribution >= 4 is 22.5 Å². The molecule has 0 radical (unpaired) electrons. The second-order valence-corrected chi connectivity index (χ2v) is 6.17. The molecule has 4 rings (SSSR count). The molecule has 2 heterocycles. The zero-order valence-corrected chi connectivity index (χ0v) is 14.7. The summed E-state index contributed by atoms with van der Waals surface area (Å²) in [5.74, 6) is 0.0147. The van der Waals surface area contributed by atoms with Crippen molar-refractivity contribution in [2.45, 2.75) is 6.54 Å². The van der Waals surface area contributed by atoms with Crippen LogP contribution in [0.25, 0.3) is 10.8 Å². The Labute approximate surface area is 154 Å². The van der Waals surface area contributed by atoms with Gasteiger partial charge in [-0.1, -0.05) is 48.5 Å². The summed E-state index contributed by atoms with van der Waals surface area (Å²) in [6, 6.07) is 18.2. The maximum atomic E-state index is 12.8. The Kier molecular flexibility index (Phi) is 4.25. The molecule has 0 unspecified atom stereocenters. The number of carbonyl (C=O) groups is 1. The van der Waals surface area contributed by atoms with Gasteiger partial charge in [-0.3, -0.25) is 14.3 Å². The van der Waals surface area contributed by atoms with E-state index in [1.54, 1.807) is 48.3 Å². The Balaban J connectivity index is 1.80. The summed E-state index contributed by atoms with van der Waals surface area (Å²) in [5.41, 5.74) is 0.883. The van der Waals surface area contributed by atoms with Crippen LogP contribution in [0.1, 0.15) is 16.1 Å². The number of anilines is 1. The van der Waals surface area contributed by atoms with Gasteiger partial charge in [0.15, 0.2) is 11.5 Å². The summed E-state index contributed by atoms with van der Waals surface area (Å²) in [5, 5.41) is 12.2. The van der Waals surface area contributed by atoms with Gasteiger partial charge in [0, 0.05) is 24.7 Å². The average Bonchev–Trinajstić information content (AvgIpc) is 3.09. The van der Waals surface area contributed by atoms with E-state index in [0.717, 1.165) is 5.56 Å². The van der Waals surface area contributed by atoms with Gasteiger partial charge in [0.25, 0.3) is 11.5 Å². The van der Waals surface area contributed by atoms with E-state index < -0.39 is 5.91 Å². The van der Waals surface area contributed by atoms with E-state index in [2.05, 4.69) is 15.5 Å². The van der Waals surface area contributed by atoms with Gasteiger partial charge >= 0.3 is 0 Å². The number of nitrogens with zero attached hydrogens (tertiary/aromatic N) is 4. The van der Waals surface area contributed by atoms with Crippen molar-refractivity contribution in [1.82, 2.24) is 19.6 Å². The Bertz CT molecular complexity index is 1180. The molecule has 0 fully saturated rings. The van der Waals surface area contributed by atoms with Crippen molar-refractivity contribution in [2.24, 2.45) is 7.05 Å². The molecule has 1 N–H and O–H groups in total. The van der Waals surface area contributed by atoms with Crippen LogP contribution in [-0.2, 0) is 13.6 Å². The summed E-state index contributed by atoms with van der Waals surface area (Å²) < 4.78 is 2.92. The lowest BCUT2D eigenvalue weighted by Gasteiger charge is -2.11. The molecule has 7 nitrogen and oxygen atoms in total. The highest BCUT2D eigenvalue weighted by molar-refractivity contribution is 6.10. The molecule has 0 saturated carbocycles. The lowest BCUT2D eigenvalue weighted by molar-refractivity contribution is 0.102. The van der Waals surface area contributed by atoms with Crippen molar-refractivity contribution in [1.29, 1.82) is 0 Å². The molecule has 7 heteroatoms. The summed E-state index contributed by atoms with van der Waals surface area (Å²) in [7, 11) is 1.77. The number of nitrogens with one attached hydrogen (secondary N) is 1. The van der Waals surface area contributed by atoms with Crippen molar-refractivity contribution < 1.29 is 4.79 Å². The van der Waals surface area contributed by atoms with Gasteiger partial charge in [0.1, 0.15) is 0 Å². The van der Waals surface area contributed by atoms with E-state index >= 15 is 0 Å². The number of hydrogen-bond acceptors (Lipinski definition) is 4. The topological polar surface area (TPSA) is 81.8 Å². The third kappa shape index (κ3) is 3.35. The second kappa shape index (κ2) is 6.87. The lowest BCUT2D eigenvalue weighted by atomic mass is 10.1. The first-order valence-corrected chi connectivity index (χ1v) is 8.46. The molecule has 0 aliphatic carbocycles. The fourth-order valence-corrected chi connectivity index (χ4v) is 2.92. The minimum atomic E-state index is -0.410. The Morgan fingerprint density at radius 2 is 1.67 bits per heavy atom. The zero-order valence-electron chi connectivity index (χ0n) is 14.7. The van der Waals surface area contributed by atoms with E-state index in [1.807, 2.05) is 30.3 Å². The van der Waals surface area contributed by atoms with Crippen molar-refractivity contribution in [2.75, 3.05) is 5.32 Å². The molecule has 2 aromatic heterocycles. The van der Waals surface area contributed by atoms with E-state index in [4.69, 9.17) is 0 Å². The third-order valence-electron chi connectivity index (χ3n) is 4.21. The van der Waals surface area contributed by atoms with Crippen LogP contribution in [0.2, 0.25) is 0 Å². The third-order valence-corrected chi connectivity index (χ3v) is 4.21. The molecule has 4 aromatic rings. The molecule has 0 spiro atoms. The summed E-state index contributed by atoms with van der Waals surface area (Å²) in [6.07, 6.45) is 1.73. The molecule has 27 heavy (non-hydrogen) atoms. The van der Waals surface area contributed by atoms with Gasteiger partial charge in [-0.05, 0) is 11.6 Å². The molecule has 0 atom stereocenters. The number of hydrogen-bond donors (Lipinski definition) is 1. The molecule has 0 aliphatic heterocycles. The lowest BCUT2D eigenvalue weighted by Crippen LogP contribution is -2.28. The zero-order chi connectivity index (χ0) is 18.8. The molecule has 2 aromatic carbocycles. The van der Waals surface area contributed by atoms with Gasteiger partial charge in [-0.15, -0.1) is 0 Å². The molecule has 134 valence electrons. The van der Waals surface area contributed by atoms with Crippen LogP contribution < -0.4 is 10.9 Å². The first-order chi connectivity index (χ1) is 13.1. The first-order valence-electron chi connectivity index (χ1n) is 8.46. The first kappa shape index (κ1) is 16.7. The Hall–Kier alpha value is -3.74. The monoisotopic (exact) mass is 359 g/mol. The minimum absolute atomic E-state index is 0.187. The largest absolute Gasteiger partial charge is 0.304 e. The molecular formula is C20H17N5O2. The normalized spacial score (nSPS) is 10.9. The predicted octanol–water partition coefficient (Wildman–Crippen LogP) is 2.43. The fourth-order valence-electron chi connectivity index (χ4n) is 2.92. The molecular weight excluding hydrogens is 342 g/mol. The quantitative estimate of drug-likeness (QED) is 0.607. The highest BCUT2D eigenvalue weighted by Crippen LogP contribution is 2.15. The van der Waals surface area contributed by atoms with E-state index in [1.165, 1.54) is 4.68 Å². The number of aryl methyl sites for hydroxylation is 1. The van der Waals surface area contributed by atoms with E-state index in [0.29, 0.717) is 16.6 Å². The number of fused-ring (bicyclic) bond motifs is 1. The molecule has 1 amide bonds. The predicted molar refractivity (Wildman–Crippen MR) is 103 cm³/mol. The van der Waals surface area contributed by atoms with Gasteiger partial charge < -0.3 is 5.32 Å². The number of benzene rings is 2. The van der Waals surface area contributed by atoms with Crippen LogP contribution in [0, 0.1) is 0 Å². The van der Waals surface area contributed by atoms with E-state index in [-0.39, 0.29) is 17.8 Å². The fraction of sp³-hybridized carbons (Fsp3) is 0.100. The molecule has 0 aliphatic rings. The summed E-state index contributed by atoms with van der Waals surface area (Å²) in [6.45, 7) is 0.286. The summed E-state index contributed by atoms with van der Waals surface area (Å²) in [4.78, 5) is 25.6. The van der Waals surface area contributed by atoms with E-state index in [9.17, 15) is 9.59 Å². The number of aromatic nitrogens is 4. The van der Waals surface area contributed by atoms with Gasteiger partial charge in [0.2, 0.25) is 0 Å². The SMILES string of the molecule is Cn1ccc(NC(=O)c2nn(Cc3ccccc3)c(=O)c3ccccc23)n1. The van der Waals surface area contributed by atoms with Crippen LogP contribution in [0.5, 0.6) is 0 Å². The second-order valence-electron chi connectivity index (χ2n) is 6.17. The van der Waals surface area contributed by atoms with Gasteiger partial charge in [-0.2, -0.15) is 10.2 Å². The van der Waals surface area contributed by atoms with Gasteiger partial charge in [0.05, 0.1) is 11.9 Å². The maximum absolute atomic E-state index is 12.8. The highest BCUT2D eigenvalue weighted by Gasteiger charge is 2.17.